The van der Waals surface area contributed by atoms with Gasteiger partial charge >= 0.3 is 0 Å². The Balaban J connectivity index is 1.51. The molecule has 5 nitrogen and oxygen atoms in total. The number of aromatic nitrogens is 1. The van der Waals surface area contributed by atoms with Crippen molar-refractivity contribution in [3.8, 4) is 0 Å². The highest BCUT2D eigenvalue weighted by atomic mass is 32.1. The number of hydrogen-bond donors (Lipinski definition) is 0. The molecule has 1 saturated heterocycles. The minimum absolute atomic E-state index is 0.238. The van der Waals surface area contributed by atoms with Gasteiger partial charge in [-0.25, -0.2) is 0 Å². The summed E-state index contributed by atoms with van der Waals surface area (Å²) in [5, 5.41) is 6.07. The second-order valence-corrected chi connectivity index (χ2v) is 6.94. The van der Waals surface area contributed by atoms with Gasteiger partial charge in [0.2, 0.25) is 5.91 Å². The molecule has 2 aromatic rings. The Kier molecular flexibility index (Phi) is 5.46. The van der Waals surface area contributed by atoms with Crippen molar-refractivity contribution in [2.75, 3.05) is 26.2 Å². The molecule has 1 aliphatic rings. The normalized spacial score (nSPS) is 16.5. The van der Waals surface area contributed by atoms with Crippen LogP contribution in [0.15, 0.2) is 28.1 Å². The fourth-order valence-electron chi connectivity index (χ4n) is 2.87. The minimum atomic E-state index is 0.238. The lowest BCUT2D eigenvalue weighted by Crippen LogP contribution is -2.35. The van der Waals surface area contributed by atoms with Crippen molar-refractivity contribution in [1.82, 2.24) is 15.0 Å². The predicted octanol–water partition coefficient (Wildman–Crippen LogP) is 2.58. The van der Waals surface area contributed by atoms with Crippen molar-refractivity contribution >= 4 is 17.2 Å². The molecule has 23 heavy (non-hydrogen) atoms. The van der Waals surface area contributed by atoms with E-state index >= 15 is 0 Å². The number of carbonyl (C=O) groups excluding carboxylic acids is 1. The summed E-state index contributed by atoms with van der Waals surface area (Å²) in [6, 6.07) is 6.06. The molecule has 124 valence electrons. The third-order valence-electron chi connectivity index (χ3n) is 4.20. The lowest BCUT2D eigenvalue weighted by molar-refractivity contribution is -0.130. The Hall–Kier alpha value is -1.66. The summed E-state index contributed by atoms with van der Waals surface area (Å²) in [7, 11) is 0. The first-order valence-electron chi connectivity index (χ1n) is 8.21. The number of rotatable bonds is 5. The molecule has 1 fully saturated rings. The summed E-state index contributed by atoms with van der Waals surface area (Å²) in [4.78, 5) is 17.9. The van der Waals surface area contributed by atoms with E-state index in [0.29, 0.717) is 6.42 Å². The third kappa shape index (κ3) is 4.42. The molecule has 0 atom stereocenters. The topological polar surface area (TPSA) is 49.6 Å². The van der Waals surface area contributed by atoms with Crippen molar-refractivity contribution in [3.05, 3.63) is 39.9 Å². The quantitative estimate of drug-likeness (QED) is 0.844. The van der Waals surface area contributed by atoms with Gasteiger partial charge in [-0.2, -0.15) is 0 Å². The summed E-state index contributed by atoms with van der Waals surface area (Å²) in [5.41, 5.74) is 1.00. The van der Waals surface area contributed by atoms with Crippen LogP contribution in [0.1, 0.15) is 29.7 Å². The Labute approximate surface area is 140 Å². The van der Waals surface area contributed by atoms with Gasteiger partial charge in [0, 0.05) is 37.1 Å². The Morgan fingerprint density at radius 2 is 2.26 bits per heavy atom. The van der Waals surface area contributed by atoms with Crippen LogP contribution in [-0.4, -0.2) is 47.0 Å². The zero-order chi connectivity index (χ0) is 16.1. The van der Waals surface area contributed by atoms with E-state index in [9.17, 15) is 4.79 Å². The van der Waals surface area contributed by atoms with Crippen LogP contribution in [0, 0.1) is 0 Å². The van der Waals surface area contributed by atoms with Gasteiger partial charge in [0.25, 0.3) is 0 Å². The number of amides is 1. The number of nitrogens with zero attached hydrogens (tertiary/aromatic N) is 3. The zero-order valence-corrected chi connectivity index (χ0v) is 14.3. The Morgan fingerprint density at radius 3 is 3.00 bits per heavy atom. The van der Waals surface area contributed by atoms with Crippen LogP contribution >= 0.6 is 11.3 Å². The zero-order valence-electron chi connectivity index (χ0n) is 13.5. The number of thiophene rings is 1. The molecular weight excluding hydrogens is 310 g/mol. The molecule has 0 radical (unpaired) electrons. The number of aryl methyl sites for hydroxylation is 1. The molecule has 1 amide bonds. The highest BCUT2D eigenvalue weighted by Crippen LogP contribution is 2.14. The van der Waals surface area contributed by atoms with Gasteiger partial charge in [-0.15, -0.1) is 11.3 Å². The van der Waals surface area contributed by atoms with E-state index in [-0.39, 0.29) is 5.91 Å². The molecule has 6 heteroatoms. The smallest absolute Gasteiger partial charge is 0.227 e. The second-order valence-electron chi connectivity index (χ2n) is 5.90. The van der Waals surface area contributed by atoms with Gasteiger partial charge in [-0.05, 0) is 24.3 Å². The molecule has 2 aromatic heterocycles. The monoisotopic (exact) mass is 333 g/mol. The summed E-state index contributed by atoms with van der Waals surface area (Å²) >= 11 is 1.65. The van der Waals surface area contributed by atoms with Crippen molar-refractivity contribution in [3.63, 3.8) is 0 Å². The lowest BCUT2D eigenvalue weighted by Gasteiger charge is -2.21. The van der Waals surface area contributed by atoms with Gasteiger partial charge in [-0.1, -0.05) is 18.1 Å². The number of carbonyl (C=O) groups is 1. The van der Waals surface area contributed by atoms with Gasteiger partial charge in [0.1, 0.15) is 0 Å². The molecule has 3 heterocycles. The average Bonchev–Trinajstić information content (AvgIpc) is 3.16. The fraction of sp³-hybridized carbons (Fsp3) is 0.529. The summed E-state index contributed by atoms with van der Waals surface area (Å²) in [6.07, 6.45) is 2.43. The third-order valence-corrected chi connectivity index (χ3v) is 5.07. The number of hydrogen-bond acceptors (Lipinski definition) is 5. The maximum absolute atomic E-state index is 12.4. The van der Waals surface area contributed by atoms with E-state index in [1.807, 2.05) is 28.5 Å². The first-order chi connectivity index (χ1) is 11.2. The van der Waals surface area contributed by atoms with Gasteiger partial charge < -0.3 is 9.42 Å². The van der Waals surface area contributed by atoms with Crippen LogP contribution < -0.4 is 0 Å². The molecule has 0 saturated carbocycles. The first-order valence-corrected chi connectivity index (χ1v) is 9.09. The Bertz CT molecular complexity index is 624. The van der Waals surface area contributed by atoms with Crippen molar-refractivity contribution in [2.24, 2.45) is 0 Å². The molecule has 0 spiro atoms. The van der Waals surface area contributed by atoms with Gasteiger partial charge in [0.15, 0.2) is 5.76 Å². The molecule has 0 bridgehead atoms. The van der Waals surface area contributed by atoms with Gasteiger partial charge in [-0.3, -0.25) is 9.69 Å². The Morgan fingerprint density at radius 1 is 1.35 bits per heavy atom. The largest absolute Gasteiger partial charge is 0.360 e. The standard InChI is InChI=1S/C17H23N3O2S/c1-2-14-11-15(22-18-14)13-19-6-4-7-20(9-8-19)17(21)12-16-5-3-10-23-16/h3,5,10-11H,2,4,6-9,12-13H2,1H3. The van der Waals surface area contributed by atoms with E-state index in [1.165, 1.54) is 0 Å². The van der Waals surface area contributed by atoms with Crippen molar-refractivity contribution < 1.29 is 9.32 Å². The van der Waals surface area contributed by atoms with Crippen LogP contribution in [0.5, 0.6) is 0 Å². The van der Waals surface area contributed by atoms with Crippen LogP contribution in [0.2, 0.25) is 0 Å². The van der Waals surface area contributed by atoms with E-state index < -0.39 is 0 Å². The van der Waals surface area contributed by atoms with E-state index in [2.05, 4.69) is 17.0 Å². The second kappa shape index (κ2) is 7.75. The fourth-order valence-corrected chi connectivity index (χ4v) is 3.57. The maximum atomic E-state index is 12.4. The molecule has 0 N–H and O–H groups in total. The van der Waals surface area contributed by atoms with Crippen molar-refractivity contribution in [1.29, 1.82) is 0 Å². The molecule has 0 aromatic carbocycles. The van der Waals surface area contributed by atoms with Gasteiger partial charge in [0.05, 0.1) is 18.7 Å². The van der Waals surface area contributed by atoms with E-state index in [4.69, 9.17) is 4.52 Å². The summed E-state index contributed by atoms with van der Waals surface area (Å²) in [5.74, 6) is 1.16. The molecule has 1 aliphatic heterocycles. The van der Waals surface area contributed by atoms with Crippen LogP contribution in [0.4, 0.5) is 0 Å². The highest BCUT2D eigenvalue weighted by molar-refractivity contribution is 7.10. The molecular formula is C17H23N3O2S. The molecule has 0 aliphatic carbocycles. The lowest BCUT2D eigenvalue weighted by atomic mass is 10.3. The maximum Gasteiger partial charge on any atom is 0.227 e. The molecule has 3 rings (SSSR count). The first kappa shape index (κ1) is 16.2. The SMILES string of the molecule is CCc1cc(CN2CCCN(C(=O)Cc3cccs3)CC2)on1. The predicted molar refractivity (Wildman–Crippen MR) is 90.4 cm³/mol. The summed E-state index contributed by atoms with van der Waals surface area (Å²) in [6.45, 7) is 6.37. The van der Waals surface area contributed by atoms with Crippen molar-refractivity contribution in [2.45, 2.75) is 32.7 Å². The highest BCUT2D eigenvalue weighted by Gasteiger charge is 2.20. The van der Waals surface area contributed by atoms with E-state index in [0.717, 1.165) is 61.9 Å². The average molecular weight is 333 g/mol. The van der Waals surface area contributed by atoms with Crippen LogP contribution in [0.3, 0.4) is 0 Å². The van der Waals surface area contributed by atoms with E-state index in [1.54, 1.807) is 11.3 Å². The summed E-state index contributed by atoms with van der Waals surface area (Å²) < 4.78 is 5.37. The van der Waals surface area contributed by atoms with Crippen LogP contribution in [-0.2, 0) is 24.2 Å². The molecule has 0 unspecified atom stereocenters. The minimum Gasteiger partial charge on any atom is -0.360 e. The van der Waals surface area contributed by atoms with Crippen LogP contribution in [0.25, 0.3) is 0 Å².